The van der Waals surface area contributed by atoms with Crippen LogP contribution in [0.1, 0.15) is 25.5 Å². The zero-order chi connectivity index (χ0) is 16.7. The monoisotopic (exact) mass is 323 g/mol. The molecular weight excluding hydrogens is 306 g/mol. The third kappa shape index (κ3) is 2.43. The summed E-state index contributed by atoms with van der Waals surface area (Å²) in [5, 5.41) is 7.98. The lowest BCUT2D eigenvalue weighted by Crippen LogP contribution is -2.13. The Hall–Kier alpha value is -2.80. The zero-order valence-electron chi connectivity index (χ0n) is 13.5. The van der Waals surface area contributed by atoms with Crippen LogP contribution in [-0.2, 0) is 15.1 Å². The Labute approximate surface area is 138 Å². The van der Waals surface area contributed by atoms with Crippen molar-refractivity contribution in [2.45, 2.75) is 25.4 Å². The summed E-state index contributed by atoms with van der Waals surface area (Å²) in [5.41, 5.74) is 1.50. The van der Waals surface area contributed by atoms with E-state index < -0.39 is 0 Å². The molecule has 1 saturated carbocycles. The van der Waals surface area contributed by atoms with Crippen molar-refractivity contribution >= 4 is 22.6 Å². The van der Waals surface area contributed by atoms with Gasteiger partial charge in [-0.05, 0) is 25.0 Å². The molecule has 122 valence electrons. The van der Waals surface area contributed by atoms with Gasteiger partial charge in [0.15, 0.2) is 5.82 Å². The fourth-order valence-corrected chi connectivity index (χ4v) is 2.82. The van der Waals surface area contributed by atoms with Crippen LogP contribution in [0.25, 0.3) is 16.7 Å². The second-order valence-electron chi connectivity index (χ2n) is 5.95. The maximum absolute atomic E-state index is 11.2. The molecule has 0 atom stereocenters. The number of nitrogens with one attached hydrogen (secondary N) is 1. The lowest BCUT2D eigenvalue weighted by atomic mass is 10.2. The number of anilines is 1. The largest absolute Gasteiger partial charge is 0.372 e. The molecule has 3 aromatic rings. The number of amides is 1. The molecule has 7 heteroatoms. The number of fused-ring (bicyclic) bond motifs is 1. The van der Waals surface area contributed by atoms with E-state index in [1.807, 2.05) is 18.2 Å². The molecule has 1 amide bonds. The molecule has 4 rings (SSSR count). The number of methoxy groups -OCH3 is 1. The Morgan fingerprint density at radius 3 is 2.88 bits per heavy atom. The average molecular weight is 323 g/mol. The minimum atomic E-state index is -0.248. The van der Waals surface area contributed by atoms with Crippen LogP contribution >= 0.6 is 0 Å². The van der Waals surface area contributed by atoms with Crippen molar-refractivity contribution in [1.29, 1.82) is 0 Å². The number of ether oxygens (including phenoxy) is 1. The highest BCUT2D eigenvalue weighted by molar-refractivity contribution is 5.90. The molecule has 1 aliphatic rings. The van der Waals surface area contributed by atoms with Crippen LogP contribution in [0.15, 0.2) is 36.7 Å². The topological polar surface area (TPSA) is 81.9 Å². The molecule has 3 aromatic heterocycles. The molecule has 0 spiro atoms. The number of aromatic nitrogens is 4. The van der Waals surface area contributed by atoms with Crippen LogP contribution in [-0.4, -0.2) is 32.8 Å². The molecule has 1 N–H and O–H groups in total. The van der Waals surface area contributed by atoms with Crippen molar-refractivity contribution in [3.63, 3.8) is 0 Å². The van der Waals surface area contributed by atoms with Gasteiger partial charge in [0.2, 0.25) is 5.91 Å². The van der Waals surface area contributed by atoms with Gasteiger partial charge in [-0.2, -0.15) is 5.10 Å². The van der Waals surface area contributed by atoms with Crippen LogP contribution in [0, 0.1) is 0 Å². The quantitative estimate of drug-likeness (QED) is 0.797. The van der Waals surface area contributed by atoms with E-state index in [0.717, 1.165) is 29.4 Å². The van der Waals surface area contributed by atoms with Crippen LogP contribution in [0.5, 0.6) is 0 Å². The second kappa shape index (κ2) is 5.38. The summed E-state index contributed by atoms with van der Waals surface area (Å²) in [6.45, 7) is 1.45. The summed E-state index contributed by atoms with van der Waals surface area (Å²) < 4.78 is 7.36. The van der Waals surface area contributed by atoms with E-state index in [4.69, 9.17) is 9.72 Å². The summed E-state index contributed by atoms with van der Waals surface area (Å²) in [7, 11) is 1.72. The Balaban J connectivity index is 1.79. The van der Waals surface area contributed by atoms with E-state index >= 15 is 0 Å². The molecule has 7 nitrogen and oxygen atoms in total. The first-order valence-electron chi connectivity index (χ1n) is 7.76. The van der Waals surface area contributed by atoms with Crippen molar-refractivity contribution in [2.24, 2.45) is 0 Å². The Kier molecular flexibility index (Phi) is 3.31. The highest BCUT2D eigenvalue weighted by Crippen LogP contribution is 2.47. The van der Waals surface area contributed by atoms with E-state index in [2.05, 4.69) is 15.4 Å². The molecule has 0 bridgehead atoms. The van der Waals surface area contributed by atoms with E-state index in [-0.39, 0.29) is 11.5 Å². The lowest BCUT2D eigenvalue weighted by molar-refractivity contribution is -0.114. The summed E-state index contributed by atoms with van der Waals surface area (Å²) in [5.74, 6) is 1.04. The van der Waals surface area contributed by atoms with Crippen LogP contribution in [0.3, 0.4) is 0 Å². The maximum atomic E-state index is 11.2. The van der Waals surface area contributed by atoms with E-state index in [0.29, 0.717) is 11.6 Å². The molecule has 0 aromatic carbocycles. The molecule has 0 unspecified atom stereocenters. The standard InChI is InChI=1S/C17H17N5O2/c1-11(23)20-15-8-13-12(9-18-15)10-19-22(13)16-5-3-4-14(21-16)17(24-2)6-7-17/h3-5,8-10H,6-7H2,1-2H3,(H,18,20,23). The van der Waals surface area contributed by atoms with Crippen molar-refractivity contribution in [1.82, 2.24) is 19.7 Å². The van der Waals surface area contributed by atoms with Gasteiger partial charge < -0.3 is 10.1 Å². The predicted octanol–water partition coefficient (Wildman–Crippen LogP) is 2.41. The second-order valence-corrected chi connectivity index (χ2v) is 5.95. The number of hydrogen-bond donors (Lipinski definition) is 1. The maximum Gasteiger partial charge on any atom is 0.222 e. The predicted molar refractivity (Wildman–Crippen MR) is 88.9 cm³/mol. The smallest absolute Gasteiger partial charge is 0.222 e. The number of carbonyl (C=O) groups excluding carboxylic acids is 1. The van der Waals surface area contributed by atoms with E-state index in [9.17, 15) is 4.79 Å². The van der Waals surface area contributed by atoms with Gasteiger partial charge in [0.25, 0.3) is 0 Å². The first-order chi connectivity index (χ1) is 11.6. The number of nitrogens with zero attached hydrogens (tertiary/aromatic N) is 4. The fourth-order valence-electron chi connectivity index (χ4n) is 2.82. The molecule has 1 fully saturated rings. The van der Waals surface area contributed by atoms with Crippen LogP contribution < -0.4 is 5.32 Å². The van der Waals surface area contributed by atoms with Gasteiger partial charge in [0.1, 0.15) is 11.4 Å². The third-order valence-corrected chi connectivity index (χ3v) is 4.27. The van der Waals surface area contributed by atoms with Crippen molar-refractivity contribution in [2.75, 3.05) is 12.4 Å². The summed E-state index contributed by atoms with van der Waals surface area (Å²) in [6.07, 6.45) is 5.38. The highest BCUT2D eigenvalue weighted by atomic mass is 16.5. The molecule has 1 aliphatic carbocycles. The minimum Gasteiger partial charge on any atom is -0.372 e. The minimum absolute atomic E-state index is 0.163. The fraction of sp³-hybridized carbons (Fsp3) is 0.294. The van der Waals surface area contributed by atoms with Crippen molar-refractivity contribution in [3.05, 3.63) is 42.4 Å². The van der Waals surface area contributed by atoms with Gasteiger partial charge in [-0.1, -0.05) is 6.07 Å². The van der Waals surface area contributed by atoms with Gasteiger partial charge in [0, 0.05) is 31.7 Å². The number of rotatable bonds is 4. The summed E-state index contributed by atoms with van der Waals surface area (Å²) in [6, 6.07) is 7.64. The first kappa shape index (κ1) is 14.8. The third-order valence-electron chi connectivity index (χ3n) is 4.27. The Morgan fingerprint density at radius 2 is 2.17 bits per heavy atom. The number of pyridine rings is 2. The molecule has 0 radical (unpaired) electrons. The van der Waals surface area contributed by atoms with Gasteiger partial charge in [-0.25, -0.2) is 14.6 Å². The van der Waals surface area contributed by atoms with Crippen LogP contribution in [0.2, 0.25) is 0 Å². The van der Waals surface area contributed by atoms with Gasteiger partial charge in [-0.15, -0.1) is 0 Å². The normalized spacial score (nSPS) is 15.4. The summed E-state index contributed by atoms with van der Waals surface area (Å²) >= 11 is 0. The van der Waals surface area contributed by atoms with Gasteiger partial charge >= 0.3 is 0 Å². The molecule has 3 heterocycles. The first-order valence-corrected chi connectivity index (χ1v) is 7.76. The lowest BCUT2D eigenvalue weighted by Gasteiger charge is -2.13. The molecule has 0 saturated heterocycles. The van der Waals surface area contributed by atoms with Crippen LogP contribution in [0.4, 0.5) is 5.82 Å². The highest BCUT2D eigenvalue weighted by Gasteiger charge is 2.46. The van der Waals surface area contributed by atoms with Crippen molar-refractivity contribution < 1.29 is 9.53 Å². The number of carbonyl (C=O) groups is 1. The van der Waals surface area contributed by atoms with E-state index in [1.165, 1.54) is 6.92 Å². The Bertz CT molecular complexity index is 930. The SMILES string of the molecule is COC1(c2cccc(-n3ncc4cnc(NC(C)=O)cc43)n2)CC1. The number of hydrogen-bond acceptors (Lipinski definition) is 5. The van der Waals surface area contributed by atoms with Gasteiger partial charge in [-0.3, -0.25) is 4.79 Å². The Morgan fingerprint density at radius 1 is 1.33 bits per heavy atom. The zero-order valence-corrected chi connectivity index (χ0v) is 13.5. The molecule has 0 aliphatic heterocycles. The van der Waals surface area contributed by atoms with Crippen molar-refractivity contribution in [3.8, 4) is 5.82 Å². The van der Waals surface area contributed by atoms with Gasteiger partial charge in [0.05, 0.1) is 17.4 Å². The average Bonchev–Trinajstić information content (AvgIpc) is 3.28. The van der Waals surface area contributed by atoms with E-state index in [1.54, 1.807) is 30.3 Å². The molecular formula is C17H17N5O2. The summed E-state index contributed by atoms with van der Waals surface area (Å²) in [4.78, 5) is 20.2. The molecule has 24 heavy (non-hydrogen) atoms.